The van der Waals surface area contributed by atoms with E-state index in [0.717, 1.165) is 49.4 Å². The van der Waals surface area contributed by atoms with Crippen molar-refractivity contribution in [3.8, 4) is 0 Å². The molecule has 1 saturated carbocycles. The largest absolute Gasteiger partial charge is 0.357 e. The summed E-state index contributed by atoms with van der Waals surface area (Å²) in [7, 11) is 2.11. The minimum atomic E-state index is 0.582. The van der Waals surface area contributed by atoms with Crippen LogP contribution < -0.4 is 5.32 Å². The fraction of sp³-hybridized carbons (Fsp3) is 0.609. The summed E-state index contributed by atoms with van der Waals surface area (Å²) in [5.41, 5.74) is 2.65. The van der Waals surface area contributed by atoms with Crippen molar-refractivity contribution in [2.75, 3.05) is 26.4 Å². The molecule has 1 fully saturated rings. The van der Waals surface area contributed by atoms with Crippen LogP contribution in [0.3, 0.4) is 0 Å². The first kappa shape index (κ1) is 22.7. The molecule has 2 aromatic rings. The van der Waals surface area contributed by atoms with Crippen LogP contribution in [0.25, 0.3) is 0 Å². The highest BCUT2D eigenvalue weighted by atomic mass is 32.2. The second-order valence-corrected chi connectivity index (χ2v) is 8.81. The van der Waals surface area contributed by atoms with Crippen LogP contribution in [0.1, 0.15) is 62.0 Å². The van der Waals surface area contributed by atoms with Crippen molar-refractivity contribution >= 4 is 17.7 Å². The number of thioether (sulfide) groups is 1. The van der Waals surface area contributed by atoms with Crippen LogP contribution in [0.2, 0.25) is 0 Å². The van der Waals surface area contributed by atoms with Crippen LogP contribution in [0.15, 0.2) is 34.4 Å². The van der Waals surface area contributed by atoms with E-state index in [0.29, 0.717) is 6.04 Å². The summed E-state index contributed by atoms with van der Waals surface area (Å²) in [4.78, 5) is 7.08. The molecule has 3 rings (SSSR count). The predicted molar refractivity (Wildman–Crippen MR) is 126 cm³/mol. The third kappa shape index (κ3) is 5.78. The Balaban J connectivity index is 1.60. The molecule has 1 aromatic carbocycles. The molecule has 0 bridgehead atoms. The van der Waals surface area contributed by atoms with Gasteiger partial charge in [0.15, 0.2) is 11.1 Å². The Morgan fingerprint density at radius 2 is 2.03 bits per heavy atom. The summed E-state index contributed by atoms with van der Waals surface area (Å²) < 4.78 is 2.40. The van der Waals surface area contributed by atoms with E-state index in [4.69, 9.17) is 4.99 Å². The van der Waals surface area contributed by atoms with E-state index in [-0.39, 0.29) is 0 Å². The van der Waals surface area contributed by atoms with Gasteiger partial charge in [-0.1, -0.05) is 48.9 Å². The van der Waals surface area contributed by atoms with Gasteiger partial charge < -0.3 is 14.8 Å². The van der Waals surface area contributed by atoms with E-state index in [1.165, 1.54) is 36.8 Å². The van der Waals surface area contributed by atoms with Crippen molar-refractivity contribution in [1.82, 2.24) is 25.0 Å². The monoisotopic (exact) mass is 428 g/mol. The molecular formula is C23H36N6S. The Morgan fingerprint density at radius 1 is 1.27 bits per heavy atom. The van der Waals surface area contributed by atoms with Crippen molar-refractivity contribution in [1.29, 1.82) is 0 Å². The number of aliphatic imine (C=N–C) groups is 1. The number of aryl methyl sites for hydroxylation is 2. The quantitative estimate of drug-likeness (QED) is 0.277. The first-order chi connectivity index (χ1) is 14.6. The van der Waals surface area contributed by atoms with Crippen molar-refractivity contribution in [2.24, 2.45) is 4.99 Å². The predicted octanol–water partition coefficient (Wildman–Crippen LogP) is 4.45. The zero-order valence-electron chi connectivity index (χ0n) is 18.9. The van der Waals surface area contributed by atoms with Gasteiger partial charge in [-0.05, 0) is 50.5 Å². The molecule has 0 unspecified atom stereocenters. The van der Waals surface area contributed by atoms with Crippen molar-refractivity contribution < 1.29 is 0 Å². The molecule has 0 radical (unpaired) electrons. The zero-order chi connectivity index (χ0) is 21.3. The third-order valence-electron chi connectivity index (χ3n) is 5.79. The summed E-state index contributed by atoms with van der Waals surface area (Å²) in [6, 6.07) is 9.12. The molecular weight excluding hydrogens is 392 g/mol. The lowest BCUT2D eigenvalue weighted by molar-refractivity contribution is 0.460. The van der Waals surface area contributed by atoms with Gasteiger partial charge in [0.25, 0.3) is 0 Å². The summed E-state index contributed by atoms with van der Waals surface area (Å²) in [5.74, 6) is 2.09. The fourth-order valence-electron chi connectivity index (χ4n) is 4.16. The Morgan fingerprint density at radius 3 is 2.73 bits per heavy atom. The van der Waals surface area contributed by atoms with Crippen LogP contribution >= 0.6 is 11.8 Å². The lowest BCUT2D eigenvalue weighted by atomic mass is 10.1. The lowest BCUT2D eigenvalue weighted by Crippen LogP contribution is -2.38. The molecule has 0 atom stereocenters. The van der Waals surface area contributed by atoms with E-state index in [1.54, 1.807) is 11.8 Å². The van der Waals surface area contributed by atoms with E-state index in [2.05, 4.69) is 76.4 Å². The Bertz CT molecular complexity index is 825. The van der Waals surface area contributed by atoms with Gasteiger partial charge in [-0.3, -0.25) is 4.99 Å². The highest BCUT2D eigenvalue weighted by Gasteiger charge is 2.23. The number of benzene rings is 1. The first-order valence-corrected chi connectivity index (χ1v) is 12.4. The van der Waals surface area contributed by atoms with Gasteiger partial charge in [-0.2, -0.15) is 0 Å². The molecule has 1 aliphatic carbocycles. The summed E-state index contributed by atoms with van der Waals surface area (Å²) in [5, 5.41) is 13.4. The van der Waals surface area contributed by atoms with Crippen LogP contribution in [-0.2, 0) is 13.0 Å². The van der Waals surface area contributed by atoms with Gasteiger partial charge in [0, 0.05) is 39.1 Å². The minimum Gasteiger partial charge on any atom is -0.357 e. The van der Waals surface area contributed by atoms with E-state index in [1.807, 2.05) is 0 Å². The molecule has 1 heterocycles. The van der Waals surface area contributed by atoms with Gasteiger partial charge in [0.05, 0.1) is 0 Å². The number of guanidine groups is 1. The number of hydrogen-bond acceptors (Lipinski definition) is 4. The number of aromatic nitrogens is 3. The zero-order valence-corrected chi connectivity index (χ0v) is 19.7. The Hall–Kier alpha value is -2.02. The van der Waals surface area contributed by atoms with Gasteiger partial charge in [0.2, 0.25) is 0 Å². The van der Waals surface area contributed by atoms with Crippen LogP contribution in [-0.4, -0.2) is 52.0 Å². The maximum absolute atomic E-state index is 4.88. The van der Waals surface area contributed by atoms with Crippen molar-refractivity contribution in [3.63, 3.8) is 0 Å². The molecule has 1 aliphatic rings. The van der Waals surface area contributed by atoms with E-state index >= 15 is 0 Å². The summed E-state index contributed by atoms with van der Waals surface area (Å²) >= 11 is 1.70. The normalized spacial score (nSPS) is 15.0. The molecule has 7 heteroatoms. The van der Waals surface area contributed by atoms with Crippen LogP contribution in [0, 0.1) is 6.92 Å². The molecule has 0 aliphatic heterocycles. The molecule has 1 N–H and O–H groups in total. The average molecular weight is 429 g/mol. The maximum Gasteiger partial charge on any atom is 0.193 e. The topological polar surface area (TPSA) is 58.3 Å². The first-order valence-electron chi connectivity index (χ1n) is 11.2. The standard InChI is InChI=1S/C23H36N6S/c1-5-24-22(28(3)17-19-12-7-6-11-18(19)2)25-16-10-15-21-26-27-23(30-4)29(21)20-13-8-9-14-20/h6-7,11-12,20H,5,8-10,13-17H2,1-4H3,(H,24,25). The number of nitrogens with zero attached hydrogens (tertiary/aromatic N) is 5. The molecule has 0 spiro atoms. The summed E-state index contributed by atoms with van der Waals surface area (Å²) in [6.45, 7) is 6.78. The van der Waals surface area contributed by atoms with Crippen LogP contribution in [0.4, 0.5) is 0 Å². The maximum atomic E-state index is 4.88. The van der Waals surface area contributed by atoms with E-state index < -0.39 is 0 Å². The minimum absolute atomic E-state index is 0.582. The highest BCUT2D eigenvalue weighted by Crippen LogP contribution is 2.33. The molecule has 1 aromatic heterocycles. The molecule has 0 amide bonds. The highest BCUT2D eigenvalue weighted by molar-refractivity contribution is 7.98. The van der Waals surface area contributed by atoms with Crippen molar-refractivity contribution in [3.05, 3.63) is 41.2 Å². The second-order valence-electron chi connectivity index (χ2n) is 8.03. The smallest absolute Gasteiger partial charge is 0.193 e. The molecule has 6 nitrogen and oxygen atoms in total. The van der Waals surface area contributed by atoms with Gasteiger partial charge in [0.1, 0.15) is 5.82 Å². The number of rotatable bonds is 9. The van der Waals surface area contributed by atoms with Gasteiger partial charge >= 0.3 is 0 Å². The third-order valence-corrected chi connectivity index (χ3v) is 6.44. The number of nitrogens with one attached hydrogen (secondary N) is 1. The Kier molecular flexibility index (Phi) is 8.61. The van der Waals surface area contributed by atoms with Gasteiger partial charge in [-0.15, -0.1) is 10.2 Å². The Labute approximate surface area is 185 Å². The van der Waals surface area contributed by atoms with Gasteiger partial charge in [-0.25, -0.2) is 0 Å². The van der Waals surface area contributed by atoms with Crippen LogP contribution in [0.5, 0.6) is 0 Å². The number of hydrogen-bond donors (Lipinski definition) is 1. The molecule has 164 valence electrons. The van der Waals surface area contributed by atoms with E-state index in [9.17, 15) is 0 Å². The molecule has 30 heavy (non-hydrogen) atoms. The lowest BCUT2D eigenvalue weighted by Gasteiger charge is -2.23. The fourth-order valence-corrected chi connectivity index (χ4v) is 4.73. The van der Waals surface area contributed by atoms with Crippen molar-refractivity contribution in [2.45, 2.75) is 70.1 Å². The second kappa shape index (κ2) is 11.4. The SMILES string of the molecule is CCNC(=NCCCc1nnc(SC)n1C1CCCC1)N(C)Cc1ccccc1C. The molecule has 0 saturated heterocycles. The summed E-state index contributed by atoms with van der Waals surface area (Å²) in [6.07, 6.45) is 9.15. The average Bonchev–Trinajstić information content (AvgIpc) is 3.41.